The quantitative estimate of drug-likeness (QED) is 0.848. The minimum Gasteiger partial charge on any atom is -0.503 e. The van der Waals surface area contributed by atoms with Crippen LogP contribution in [0, 0.1) is 17.5 Å². The minimum absolute atomic E-state index is 0.320. The number of benzene rings is 1. The maximum Gasteiger partial charge on any atom is 0.257 e. The monoisotopic (exact) mass is 339 g/mol. The molecule has 0 aromatic heterocycles. The van der Waals surface area contributed by atoms with Gasteiger partial charge in [0.2, 0.25) is 5.82 Å². The number of aromatic hydroxyl groups is 1. The van der Waals surface area contributed by atoms with Crippen LogP contribution in [0.5, 0.6) is 5.75 Å². The van der Waals surface area contributed by atoms with Gasteiger partial charge in [0.1, 0.15) is 0 Å². The van der Waals surface area contributed by atoms with Gasteiger partial charge in [-0.2, -0.15) is 4.39 Å². The molecule has 0 bridgehead atoms. The highest BCUT2D eigenvalue weighted by atomic mass is 32.2. The standard InChI is InChI=1S/C13H16F3NO4S/c1-6(7(2)22(4,20)21)17(3)13(19)8-5-9(14)11(16)12(18)10(8)15/h5-7,18H,1-4H3. The van der Waals surface area contributed by atoms with Crippen molar-refractivity contribution in [2.45, 2.75) is 25.1 Å². The third-order valence-electron chi connectivity index (χ3n) is 3.65. The fraction of sp³-hybridized carbons (Fsp3) is 0.462. The number of hydrogen-bond donors (Lipinski definition) is 1. The van der Waals surface area contributed by atoms with Crippen molar-refractivity contribution in [3.8, 4) is 5.75 Å². The van der Waals surface area contributed by atoms with E-state index in [0.29, 0.717) is 6.07 Å². The lowest BCUT2D eigenvalue weighted by Gasteiger charge is -2.29. The number of phenolic OH excluding ortho intramolecular Hbond substituents is 1. The molecule has 2 unspecified atom stereocenters. The molecule has 0 fully saturated rings. The van der Waals surface area contributed by atoms with Crippen molar-refractivity contribution >= 4 is 15.7 Å². The Morgan fingerprint density at radius 1 is 1.23 bits per heavy atom. The highest BCUT2D eigenvalue weighted by Gasteiger charge is 2.31. The van der Waals surface area contributed by atoms with Crippen LogP contribution >= 0.6 is 0 Å². The number of rotatable bonds is 4. The van der Waals surface area contributed by atoms with Crippen LogP contribution in [0.2, 0.25) is 0 Å². The smallest absolute Gasteiger partial charge is 0.257 e. The second-order valence-electron chi connectivity index (χ2n) is 5.07. The predicted molar refractivity (Wildman–Crippen MR) is 73.8 cm³/mol. The van der Waals surface area contributed by atoms with Crippen molar-refractivity contribution in [2.24, 2.45) is 0 Å². The second-order valence-corrected chi connectivity index (χ2v) is 7.48. The Hall–Kier alpha value is -1.77. The fourth-order valence-corrected chi connectivity index (χ4v) is 2.69. The summed E-state index contributed by atoms with van der Waals surface area (Å²) in [7, 11) is -2.27. The van der Waals surface area contributed by atoms with Crippen molar-refractivity contribution < 1.29 is 31.5 Å². The summed E-state index contributed by atoms with van der Waals surface area (Å²) in [4.78, 5) is 13.0. The van der Waals surface area contributed by atoms with E-state index in [1.165, 1.54) is 20.9 Å². The van der Waals surface area contributed by atoms with Gasteiger partial charge in [-0.25, -0.2) is 17.2 Å². The van der Waals surface area contributed by atoms with E-state index in [1.807, 2.05) is 0 Å². The van der Waals surface area contributed by atoms with E-state index in [9.17, 15) is 26.4 Å². The molecule has 1 rings (SSSR count). The molecule has 9 heteroatoms. The maximum absolute atomic E-state index is 13.7. The van der Waals surface area contributed by atoms with Crippen LogP contribution in [-0.2, 0) is 9.84 Å². The molecule has 124 valence electrons. The molecule has 1 N–H and O–H groups in total. The molecule has 1 aromatic carbocycles. The van der Waals surface area contributed by atoms with E-state index in [2.05, 4.69) is 0 Å². The average molecular weight is 339 g/mol. The highest BCUT2D eigenvalue weighted by Crippen LogP contribution is 2.27. The number of halogens is 3. The SMILES string of the molecule is CC(C(C)S(C)(=O)=O)N(C)C(=O)c1cc(F)c(F)c(O)c1F. The largest absolute Gasteiger partial charge is 0.503 e. The molecule has 0 aliphatic rings. The summed E-state index contributed by atoms with van der Waals surface area (Å²) < 4.78 is 63.0. The van der Waals surface area contributed by atoms with Crippen molar-refractivity contribution in [1.29, 1.82) is 0 Å². The van der Waals surface area contributed by atoms with Gasteiger partial charge in [0, 0.05) is 19.3 Å². The Balaban J connectivity index is 3.22. The van der Waals surface area contributed by atoms with Crippen LogP contribution in [-0.4, -0.2) is 48.9 Å². The van der Waals surface area contributed by atoms with Gasteiger partial charge in [-0.3, -0.25) is 4.79 Å². The summed E-state index contributed by atoms with van der Waals surface area (Å²) in [6.45, 7) is 2.78. The summed E-state index contributed by atoms with van der Waals surface area (Å²) in [5.41, 5.74) is -0.883. The van der Waals surface area contributed by atoms with Crippen LogP contribution < -0.4 is 0 Å². The number of sulfone groups is 1. The fourth-order valence-electron chi connectivity index (χ4n) is 1.79. The highest BCUT2D eigenvalue weighted by molar-refractivity contribution is 7.91. The molecule has 22 heavy (non-hydrogen) atoms. The zero-order valence-electron chi connectivity index (χ0n) is 12.4. The van der Waals surface area contributed by atoms with E-state index in [0.717, 1.165) is 11.2 Å². The Morgan fingerprint density at radius 2 is 1.73 bits per heavy atom. The number of carbonyl (C=O) groups excluding carboxylic acids is 1. The van der Waals surface area contributed by atoms with E-state index in [4.69, 9.17) is 5.11 Å². The van der Waals surface area contributed by atoms with Gasteiger partial charge in [-0.15, -0.1) is 0 Å². The van der Waals surface area contributed by atoms with Gasteiger partial charge in [0.05, 0.1) is 10.8 Å². The van der Waals surface area contributed by atoms with Crippen molar-refractivity contribution in [3.05, 3.63) is 29.1 Å². The van der Waals surface area contributed by atoms with Crippen LogP contribution in [0.4, 0.5) is 13.2 Å². The van der Waals surface area contributed by atoms with E-state index in [1.54, 1.807) is 0 Å². The average Bonchev–Trinajstić information content (AvgIpc) is 2.44. The summed E-state index contributed by atoms with van der Waals surface area (Å²) in [6.07, 6.45) is 0.983. The molecule has 1 amide bonds. The van der Waals surface area contributed by atoms with Crippen LogP contribution in [0.3, 0.4) is 0 Å². The van der Waals surface area contributed by atoms with Gasteiger partial charge in [0.15, 0.2) is 27.2 Å². The third-order valence-corrected chi connectivity index (χ3v) is 5.39. The Morgan fingerprint density at radius 3 is 2.18 bits per heavy atom. The molecule has 0 heterocycles. The number of phenols is 1. The first-order valence-electron chi connectivity index (χ1n) is 6.22. The number of hydrogen-bond acceptors (Lipinski definition) is 4. The van der Waals surface area contributed by atoms with Crippen molar-refractivity contribution in [2.75, 3.05) is 13.3 Å². The van der Waals surface area contributed by atoms with Crippen LogP contribution in [0.1, 0.15) is 24.2 Å². The first-order valence-corrected chi connectivity index (χ1v) is 8.17. The first kappa shape index (κ1) is 18.3. The third kappa shape index (κ3) is 3.34. The lowest BCUT2D eigenvalue weighted by atomic mass is 10.1. The molecule has 2 atom stereocenters. The Kier molecular flexibility index (Phi) is 5.11. The lowest BCUT2D eigenvalue weighted by molar-refractivity contribution is 0.0736. The summed E-state index contributed by atoms with van der Waals surface area (Å²) in [5, 5.41) is 8.16. The normalized spacial score (nSPS) is 14.5. The zero-order valence-corrected chi connectivity index (χ0v) is 13.2. The van der Waals surface area contributed by atoms with Crippen molar-refractivity contribution in [3.63, 3.8) is 0 Å². The summed E-state index contributed by atoms with van der Waals surface area (Å²) >= 11 is 0. The zero-order chi connectivity index (χ0) is 17.4. The predicted octanol–water partition coefficient (Wildman–Crippen LogP) is 1.70. The summed E-state index contributed by atoms with van der Waals surface area (Å²) in [5.74, 6) is -7.65. The molecule has 0 radical (unpaired) electrons. The molecular formula is C13H16F3NO4S. The maximum atomic E-state index is 13.7. The number of carbonyl (C=O) groups is 1. The second kappa shape index (κ2) is 6.15. The summed E-state index contributed by atoms with van der Waals surface area (Å²) in [6, 6.07) is -0.529. The molecule has 0 saturated heterocycles. The van der Waals surface area contributed by atoms with Gasteiger partial charge >= 0.3 is 0 Å². The minimum atomic E-state index is -3.47. The topological polar surface area (TPSA) is 74.7 Å². The molecule has 0 spiro atoms. The Labute approximate surface area is 126 Å². The van der Waals surface area contributed by atoms with Gasteiger partial charge in [-0.05, 0) is 19.9 Å². The van der Waals surface area contributed by atoms with E-state index < -0.39 is 55.8 Å². The van der Waals surface area contributed by atoms with E-state index >= 15 is 0 Å². The first-order chi connectivity index (χ1) is 9.89. The molecule has 0 aliphatic carbocycles. The Bertz CT molecular complexity index is 706. The van der Waals surface area contributed by atoms with Crippen molar-refractivity contribution in [1.82, 2.24) is 4.90 Å². The van der Waals surface area contributed by atoms with Gasteiger partial charge < -0.3 is 10.0 Å². The molecule has 1 aromatic rings. The van der Waals surface area contributed by atoms with Crippen LogP contribution in [0.15, 0.2) is 6.07 Å². The van der Waals surface area contributed by atoms with Gasteiger partial charge in [-0.1, -0.05) is 0 Å². The molecule has 0 aliphatic heterocycles. The van der Waals surface area contributed by atoms with E-state index in [-0.39, 0.29) is 0 Å². The molecule has 0 saturated carbocycles. The molecular weight excluding hydrogens is 323 g/mol. The number of amides is 1. The van der Waals surface area contributed by atoms with Gasteiger partial charge in [0.25, 0.3) is 5.91 Å². The number of nitrogens with zero attached hydrogens (tertiary/aromatic N) is 1. The lowest BCUT2D eigenvalue weighted by Crippen LogP contribution is -2.44. The van der Waals surface area contributed by atoms with Crippen LogP contribution in [0.25, 0.3) is 0 Å². The molecule has 5 nitrogen and oxygen atoms in total.